The van der Waals surface area contributed by atoms with Crippen molar-refractivity contribution in [2.45, 2.75) is 38.2 Å². The molecule has 2 aliphatic rings. The molecule has 52 heavy (non-hydrogen) atoms. The molecule has 1 unspecified atom stereocenters. The van der Waals surface area contributed by atoms with Gasteiger partial charge in [-0.15, -0.1) is 0 Å². The van der Waals surface area contributed by atoms with E-state index < -0.39 is 15.8 Å². The maximum atomic E-state index is 14.1. The van der Waals surface area contributed by atoms with Crippen molar-refractivity contribution in [1.29, 1.82) is 0 Å². The Kier molecular flexibility index (Phi) is 9.88. The van der Waals surface area contributed by atoms with Crippen LogP contribution in [0.4, 0.5) is 17.6 Å². The quantitative estimate of drug-likeness (QED) is 0.126. The largest absolute Gasteiger partial charge is 0.507 e. The molecule has 8 heteroatoms. The highest BCUT2D eigenvalue weighted by Gasteiger charge is 2.40. The fourth-order valence-corrected chi connectivity index (χ4v) is 12.6. The van der Waals surface area contributed by atoms with Crippen molar-refractivity contribution in [1.82, 2.24) is 0 Å². The van der Waals surface area contributed by atoms with Crippen LogP contribution in [0.15, 0.2) is 133 Å². The van der Waals surface area contributed by atoms with E-state index in [1.165, 1.54) is 48.5 Å². The second-order valence-electron chi connectivity index (χ2n) is 13.6. The zero-order valence-electron chi connectivity index (χ0n) is 28.2. The third-order valence-electron chi connectivity index (χ3n) is 10.3. The summed E-state index contributed by atoms with van der Waals surface area (Å²) in [7, 11) is -2.48. The Balaban J connectivity index is 1.14. The molecule has 1 N–H and O–H groups in total. The molecule has 0 radical (unpaired) electrons. The van der Waals surface area contributed by atoms with Gasteiger partial charge in [0.25, 0.3) is 0 Å². The van der Waals surface area contributed by atoms with Crippen LogP contribution in [-0.2, 0) is 12.8 Å². The summed E-state index contributed by atoms with van der Waals surface area (Å²) in [5.74, 6) is 0.184. The third-order valence-corrected chi connectivity index (χ3v) is 15.2. The first-order valence-corrected chi connectivity index (χ1v) is 20.2. The van der Waals surface area contributed by atoms with Crippen LogP contribution in [0, 0.1) is 35.1 Å². The van der Waals surface area contributed by atoms with Gasteiger partial charge in [-0.2, -0.15) is 0 Å². The van der Waals surface area contributed by atoms with Gasteiger partial charge in [0.15, 0.2) is 0 Å². The van der Waals surface area contributed by atoms with Gasteiger partial charge in [-0.25, -0.2) is 17.6 Å². The summed E-state index contributed by atoms with van der Waals surface area (Å²) in [6, 6.07) is 37.8. The molecule has 1 fully saturated rings. The maximum Gasteiger partial charge on any atom is 0.131 e. The number of phenolic OH excluding ortho intramolecular Hbond substituents is 1. The molecule has 3 atom stereocenters. The predicted octanol–water partition coefficient (Wildman–Crippen LogP) is 8.43. The molecule has 6 aromatic rings. The summed E-state index contributed by atoms with van der Waals surface area (Å²) >= 11 is 0. The molecule has 1 saturated carbocycles. The van der Waals surface area contributed by atoms with Crippen LogP contribution in [0.1, 0.15) is 30.4 Å². The summed E-state index contributed by atoms with van der Waals surface area (Å²) in [5, 5.41) is 17.3. The molecule has 2 nitrogen and oxygen atoms in total. The Labute approximate surface area is 303 Å². The van der Waals surface area contributed by atoms with Crippen LogP contribution in [0.25, 0.3) is 0 Å². The van der Waals surface area contributed by atoms with Crippen molar-refractivity contribution in [2.75, 3.05) is 0 Å². The Morgan fingerprint density at radius 2 is 1.02 bits per heavy atom. The minimum Gasteiger partial charge on any atom is -0.507 e. The van der Waals surface area contributed by atoms with Crippen molar-refractivity contribution in [3.63, 3.8) is 0 Å². The van der Waals surface area contributed by atoms with Gasteiger partial charge in [0.1, 0.15) is 40.9 Å². The zero-order chi connectivity index (χ0) is 35.8. The molecule has 0 saturated heterocycles. The van der Waals surface area contributed by atoms with Crippen molar-refractivity contribution >= 4 is 47.7 Å². The molecule has 0 amide bonds. The van der Waals surface area contributed by atoms with E-state index in [9.17, 15) is 22.7 Å². The first-order valence-electron chi connectivity index (χ1n) is 17.5. The number of halogens is 4. The van der Waals surface area contributed by atoms with Gasteiger partial charge in [-0.05, 0) is 122 Å². The number of para-hydroxylation sites is 2. The Hall–Kier alpha value is -4.50. The van der Waals surface area contributed by atoms with Crippen molar-refractivity contribution in [2.24, 2.45) is 11.8 Å². The number of hydrogen-bond acceptors (Lipinski definition) is 2. The van der Waals surface area contributed by atoms with Crippen molar-refractivity contribution < 1.29 is 27.4 Å². The molecule has 262 valence electrons. The van der Waals surface area contributed by atoms with E-state index >= 15 is 0 Å². The minimum atomic E-state index is -1.30. The molecule has 8 rings (SSSR count). The first-order chi connectivity index (χ1) is 25.3. The number of ether oxygens (including phenoxy) is 1. The highest BCUT2D eigenvalue weighted by molar-refractivity contribution is 7.80. The van der Waals surface area contributed by atoms with Gasteiger partial charge in [-0.3, -0.25) is 0 Å². The van der Waals surface area contributed by atoms with E-state index in [0.717, 1.165) is 74.4 Å². The first kappa shape index (κ1) is 34.6. The molecule has 1 heterocycles. The Morgan fingerprint density at radius 3 is 1.54 bits per heavy atom. The average Bonchev–Trinajstić information content (AvgIpc) is 3.16. The fraction of sp³-hybridized carbons (Fsp3) is 0.182. The lowest BCUT2D eigenvalue weighted by molar-refractivity contribution is 0.0253. The molecule has 0 bridgehead atoms. The number of hydrogen-bond donors (Lipinski definition) is 1. The number of benzene rings is 6. The summed E-state index contributed by atoms with van der Waals surface area (Å²) in [6.45, 7) is 0. The van der Waals surface area contributed by atoms with Gasteiger partial charge in [0.05, 0.1) is 0 Å². The highest BCUT2D eigenvalue weighted by Crippen LogP contribution is 2.46. The summed E-state index contributed by atoms with van der Waals surface area (Å²) in [6.07, 6.45) is 4.44. The van der Waals surface area contributed by atoms with Crippen molar-refractivity contribution in [3.05, 3.63) is 168 Å². The molecular weight excluding hydrogens is 698 g/mol. The van der Waals surface area contributed by atoms with Gasteiger partial charge >= 0.3 is 0 Å². The monoisotopic (exact) mass is 734 g/mol. The number of aromatic hydroxyl groups is 1. The van der Waals surface area contributed by atoms with Gasteiger partial charge in [0, 0.05) is 22.4 Å². The lowest BCUT2D eigenvalue weighted by Crippen LogP contribution is -2.44. The van der Waals surface area contributed by atoms with E-state index in [2.05, 4.69) is 18.2 Å². The summed E-state index contributed by atoms with van der Waals surface area (Å²) < 4.78 is 63.2. The smallest absolute Gasteiger partial charge is 0.131 e. The van der Waals surface area contributed by atoms with Gasteiger partial charge < -0.3 is 9.84 Å². The van der Waals surface area contributed by atoms with Crippen LogP contribution in [0.3, 0.4) is 0 Å². The van der Waals surface area contributed by atoms with Crippen LogP contribution in [0.2, 0.25) is 0 Å². The van der Waals surface area contributed by atoms with Crippen LogP contribution < -0.4 is 36.6 Å². The average molecular weight is 735 g/mol. The van der Waals surface area contributed by atoms with Crippen LogP contribution in [-0.4, -0.2) is 11.2 Å². The maximum absolute atomic E-state index is 14.1. The van der Waals surface area contributed by atoms with E-state index in [0.29, 0.717) is 12.3 Å². The second kappa shape index (κ2) is 14.9. The van der Waals surface area contributed by atoms with E-state index in [-0.39, 0.29) is 41.0 Å². The number of phenols is 1. The molecule has 6 aromatic carbocycles. The Bertz CT molecular complexity index is 2080. The fourth-order valence-electron chi connectivity index (χ4n) is 7.87. The topological polar surface area (TPSA) is 29.5 Å². The van der Waals surface area contributed by atoms with Crippen LogP contribution >= 0.6 is 15.8 Å². The van der Waals surface area contributed by atoms with E-state index in [4.69, 9.17) is 4.74 Å². The zero-order valence-corrected chi connectivity index (χ0v) is 30.0. The van der Waals surface area contributed by atoms with Gasteiger partial charge in [0.2, 0.25) is 0 Å². The summed E-state index contributed by atoms with van der Waals surface area (Å²) in [5.41, 5.74) is 1.97. The molecule has 1 aliphatic carbocycles. The number of fused-ring (bicyclic) bond motifs is 2. The third kappa shape index (κ3) is 6.99. The molecular formula is C44H36F4O2P2. The molecule has 0 spiro atoms. The Morgan fingerprint density at radius 1 is 0.558 bits per heavy atom. The van der Waals surface area contributed by atoms with Crippen molar-refractivity contribution in [3.8, 4) is 11.5 Å². The van der Waals surface area contributed by atoms with E-state index in [1.807, 2.05) is 18.2 Å². The summed E-state index contributed by atoms with van der Waals surface area (Å²) in [4.78, 5) is 0. The highest BCUT2D eigenvalue weighted by atomic mass is 31.1. The minimum absolute atomic E-state index is 0.0838. The SMILES string of the molecule is Oc1c(C[C@H]2CCC[C@@H]3Cc4cccc(P(c5ccc(F)cc5)c5ccc(F)cc5)c4OC23)cccc1P(c1ccc(F)cc1)c1ccc(F)cc1. The predicted molar refractivity (Wildman–Crippen MR) is 204 cm³/mol. The standard InChI is InChI=1S/C44H36F4O2P2/c45-32-10-18-36(19-11-32)51(37-20-12-33(46)13-21-37)40-8-2-4-28(42(40)49)26-29-5-1-6-30-27-31-7-3-9-41(44(31)50-43(29)30)52(38-22-14-34(47)15-23-38)39-24-16-35(48)17-25-39/h2-4,7-25,29-30,43,49H,1,5-6,26-27H2/t29-,30-,43?/m1/s1. The van der Waals surface area contributed by atoms with Crippen LogP contribution in [0.5, 0.6) is 11.5 Å². The lowest BCUT2D eigenvalue weighted by atomic mass is 9.72. The normalized spacial score (nSPS) is 18.2. The number of rotatable bonds is 8. The second-order valence-corrected chi connectivity index (χ2v) is 17.9. The van der Waals surface area contributed by atoms with Gasteiger partial charge in [-0.1, -0.05) is 91.3 Å². The van der Waals surface area contributed by atoms with E-state index in [1.54, 1.807) is 48.5 Å². The molecule has 1 aliphatic heterocycles. The molecule has 0 aromatic heterocycles. The lowest BCUT2D eigenvalue weighted by Gasteiger charge is -2.43.